The van der Waals surface area contributed by atoms with E-state index < -0.39 is 10.0 Å². The van der Waals surface area contributed by atoms with E-state index in [4.69, 9.17) is 11.6 Å². The Hall–Kier alpha value is -2.49. The first kappa shape index (κ1) is 21.2. The second kappa shape index (κ2) is 8.89. The largest absolute Gasteiger partial charge is 0.369 e. The summed E-state index contributed by atoms with van der Waals surface area (Å²) >= 11 is 5.83. The molecule has 1 aromatic carbocycles. The number of aryl methyl sites for hydroxylation is 3. The standard InChI is InChI=1S/C19H23ClN6O2S/c1-13-10-14(2)26(25-13)19-11-18(23-15(3)24-19)21-8-9-22-29(27,28)12-16-4-6-17(20)7-5-16/h4-7,10-11,22H,8-9,12H2,1-3H3,(H,21,23,24). The molecular formula is C19H23ClN6O2S. The van der Waals surface area contributed by atoms with Gasteiger partial charge in [0.25, 0.3) is 0 Å². The molecule has 0 fully saturated rings. The lowest BCUT2D eigenvalue weighted by Gasteiger charge is -2.11. The van der Waals surface area contributed by atoms with Gasteiger partial charge in [0.05, 0.1) is 11.4 Å². The molecule has 10 heteroatoms. The van der Waals surface area contributed by atoms with Crippen molar-refractivity contribution in [3.8, 4) is 5.82 Å². The molecule has 3 aromatic rings. The van der Waals surface area contributed by atoms with Gasteiger partial charge in [-0.3, -0.25) is 0 Å². The molecule has 29 heavy (non-hydrogen) atoms. The van der Waals surface area contributed by atoms with Crippen molar-refractivity contribution in [2.45, 2.75) is 26.5 Å². The number of aromatic nitrogens is 4. The van der Waals surface area contributed by atoms with Gasteiger partial charge in [-0.05, 0) is 44.5 Å². The summed E-state index contributed by atoms with van der Waals surface area (Å²) < 4.78 is 28.8. The zero-order valence-electron chi connectivity index (χ0n) is 16.5. The third kappa shape index (κ3) is 5.99. The summed E-state index contributed by atoms with van der Waals surface area (Å²) in [7, 11) is -3.44. The van der Waals surface area contributed by atoms with Crippen molar-refractivity contribution in [3.05, 3.63) is 64.2 Å². The summed E-state index contributed by atoms with van der Waals surface area (Å²) in [6, 6.07) is 10.5. The van der Waals surface area contributed by atoms with Gasteiger partial charge in [0.15, 0.2) is 5.82 Å². The third-order valence-corrected chi connectivity index (χ3v) is 5.68. The fourth-order valence-corrected chi connectivity index (χ4v) is 4.13. The Balaban J connectivity index is 1.57. The molecule has 0 atom stereocenters. The molecule has 0 saturated heterocycles. The van der Waals surface area contributed by atoms with Gasteiger partial charge < -0.3 is 5.32 Å². The quantitative estimate of drug-likeness (QED) is 0.528. The molecule has 0 saturated carbocycles. The SMILES string of the molecule is Cc1cc(C)n(-c2cc(NCCNS(=O)(=O)Cc3ccc(Cl)cc3)nc(C)n2)n1. The summed E-state index contributed by atoms with van der Waals surface area (Å²) in [6.45, 7) is 6.29. The lowest BCUT2D eigenvalue weighted by Crippen LogP contribution is -2.30. The zero-order valence-corrected chi connectivity index (χ0v) is 18.0. The maximum absolute atomic E-state index is 12.2. The molecule has 2 N–H and O–H groups in total. The first-order valence-corrected chi connectivity index (χ1v) is 11.1. The molecule has 0 spiro atoms. The van der Waals surface area contributed by atoms with E-state index in [-0.39, 0.29) is 12.3 Å². The van der Waals surface area contributed by atoms with Crippen LogP contribution in [0, 0.1) is 20.8 Å². The van der Waals surface area contributed by atoms with E-state index >= 15 is 0 Å². The van der Waals surface area contributed by atoms with Gasteiger partial charge >= 0.3 is 0 Å². The predicted octanol–water partition coefficient (Wildman–Crippen LogP) is 2.77. The minimum absolute atomic E-state index is 0.0984. The Kier molecular flexibility index (Phi) is 6.51. The van der Waals surface area contributed by atoms with Gasteiger partial charge in [-0.1, -0.05) is 23.7 Å². The minimum atomic E-state index is -3.44. The highest BCUT2D eigenvalue weighted by atomic mass is 35.5. The van der Waals surface area contributed by atoms with Crippen LogP contribution < -0.4 is 10.0 Å². The summed E-state index contributed by atoms with van der Waals surface area (Å²) in [4.78, 5) is 8.78. The van der Waals surface area contributed by atoms with Crippen LogP contribution in [0.4, 0.5) is 5.82 Å². The van der Waals surface area contributed by atoms with Crippen LogP contribution in [0.25, 0.3) is 5.82 Å². The Morgan fingerprint density at radius 1 is 1.03 bits per heavy atom. The Morgan fingerprint density at radius 3 is 2.41 bits per heavy atom. The topological polar surface area (TPSA) is 102 Å². The molecule has 0 aliphatic heterocycles. The van der Waals surface area contributed by atoms with Crippen LogP contribution >= 0.6 is 11.6 Å². The van der Waals surface area contributed by atoms with Gasteiger partial charge in [0.1, 0.15) is 11.6 Å². The summed E-state index contributed by atoms with van der Waals surface area (Å²) in [5.41, 5.74) is 2.56. The predicted molar refractivity (Wildman–Crippen MR) is 114 cm³/mol. The van der Waals surface area contributed by atoms with Crippen molar-refractivity contribution in [2.75, 3.05) is 18.4 Å². The van der Waals surface area contributed by atoms with E-state index in [1.165, 1.54) is 0 Å². The lowest BCUT2D eigenvalue weighted by molar-refractivity contribution is 0.582. The molecule has 0 unspecified atom stereocenters. The number of benzene rings is 1. The maximum Gasteiger partial charge on any atom is 0.215 e. The van der Waals surface area contributed by atoms with Crippen molar-refractivity contribution < 1.29 is 8.42 Å². The number of sulfonamides is 1. The molecule has 2 aromatic heterocycles. The van der Waals surface area contributed by atoms with E-state index in [9.17, 15) is 8.42 Å². The fraction of sp³-hybridized carbons (Fsp3) is 0.316. The number of anilines is 1. The first-order chi connectivity index (χ1) is 13.7. The van der Waals surface area contributed by atoms with Crippen LogP contribution in [0.15, 0.2) is 36.4 Å². The number of hydrogen-bond donors (Lipinski definition) is 2. The van der Waals surface area contributed by atoms with Crippen molar-refractivity contribution in [3.63, 3.8) is 0 Å². The zero-order chi connectivity index (χ0) is 21.0. The van der Waals surface area contributed by atoms with Crippen molar-refractivity contribution in [1.29, 1.82) is 0 Å². The summed E-state index contributed by atoms with van der Waals surface area (Å²) in [5.74, 6) is 1.77. The average Bonchev–Trinajstić information content (AvgIpc) is 2.98. The molecule has 0 aliphatic carbocycles. The van der Waals surface area contributed by atoms with Crippen LogP contribution in [0.5, 0.6) is 0 Å². The number of hydrogen-bond acceptors (Lipinski definition) is 6. The highest BCUT2D eigenvalue weighted by Crippen LogP contribution is 2.14. The number of rotatable bonds is 8. The Bertz CT molecular complexity index is 1100. The van der Waals surface area contributed by atoms with Gasteiger partial charge in [-0.25, -0.2) is 27.8 Å². The third-order valence-electron chi connectivity index (χ3n) is 4.07. The maximum atomic E-state index is 12.2. The summed E-state index contributed by atoms with van der Waals surface area (Å²) in [5, 5.41) is 8.14. The van der Waals surface area contributed by atoms with Crippen molar-refractivity contribution in [1.82, 2.24) is 24.5 Å². The van der Waals surface area contributed by atoms with Crippen molar-refractivity contribution in [2.24, 2.45) is 0 Å². The fourth-order valence-electron chi connectivity index (χ4n) is 2.86. The van der Waals surface area contributed by atoms with Gasteiger partial charge in [-0.2, -0.15) is 5.10 Å². The van der Waals surface area contributed by atoms with Crippen LogP contribution in [0.1, 0.15) is 22.8 Å². The molecule has 3 rings (SSSR count). The molecular weight excluding hydrogens is 412 g/mol. The van der Waals surface area contributed by atoms with Crippen LogP contribution in [0.2, 0.25) is 5.02 Å². The molecule has 0 amide bonds. The molecule has 154 valence electrons. The molecule has 8 nitrogen and oxygen atoms in total. The smallest absolute Gasteiger partial charge is 0.215 e. The summed E-state index contributed by atoms with van der Waals surface area (Å²) in [6.07, 6.45) is 0. The molecule has 0 aliphatic rings. The number of halogens is 1. The van der Waals surface area contributed by atoms with Gasteiger partial charge in [0.2, 0.25) is 10.0 Å². The minimum Gasteiger partial charge on any atom is -0.369 e. The Labute approximate surface area is 175 Å². The van der Waals surface area contributed by atoms with Crippen molar-refractivity contribution >= 4 is 27.4 Å². The van der Waals surface area contributed by atoms with Gasteiger partial charge in [0, 0.05) is 29.9 Å². The van der Waals surface area contributed by atoms with E-state index in [0.717, 1.165) is 11.4 Å². The van der Waals surface area contributed by atoms with Crippen LogP contribution in [-0.4, -0.2) is 41.3 Å². The van der Waals surface area contributed by atoms with E-state index in [1.54, 1.807) is 41.9 Å². The molecule has 0 radical (unpaired) electrons. The van der Waals surface area contributed by atoms with Gasteiger partial charge in [-0.15, -0.1) is 0 Å². The van der Waals surface area contributed by atoms with E-state index in [0.29, 0.717) is 34.6 Å². The average molecular weight is 435 g/mol. The lowest BCUT2D eigenvalue weighted by atomic mass is 10.2. The normalized spacial score (nSPS) is 11.6. The first-order valence-electron chi connectivity index (χ1n) is 9.07. The highest BCUT2D eigenvalue weighted by molar-refractivity contribution is 7.88. The number of nitrogens with one attached hydrogen (secondary N) is 2. The Morgan fingerprint density at radius 2 is 1.76 bits per heavy atom. The monoisotopic (exact) mass is 434 g/mol. The second-order valence-electron chi connectivity index (χ2n) is 6.70. The number of nitrogens with zero attached hydrogens (tertiary/aromatic N) is 4. The van der Waals surface area contributed by atoms with E-state index in [2.05, 4.69) is 25.1 Å². The molecule has 0 bridgehead atoms. The second-order valence-corrected chi connectivity index (χ2v) is 8.95. The highest BCUT2D eigenvalue weighted by Gasteiger charge is 2.12. The molecule has 2 heterocycles. The van der Waals surface area contributed by atoms with E-state index in [1.807, 2.05) is 19.9 Å². The van der Waals surface area contributed by atoms with Crippen LogP contribution in [0.3, 0.4) is 0 Å². The van der Waals surface area contributed by atoms with Crippen LogP contribution in [-0.2, 0) is 15.8 Å².